The third-order valence-corrected chi connectivity index (χ3v) is 3.02. The van der Waals surface area contributed by atoms with Gasteiger partial charge >= 0.3 is 0 Å². The Bertz CT molecular complexity index is 244. The predicted molar refractivity (Wildman–Crippen MR) is 62.4 cm³/mol. The number of nitrogens with one attached hydrogen (secondary N) is 1. The number of amides is 1. The van der Waals surface area contributed by atoms with E-state index in [1.807, 2.05) is 0 Å². The number of carbonyl (C=O) groups excluding carboxylic acids is 1. The Morgan fingerprint density at radius 1 is 1.40 bits per heavy atom. The molecule has 0 aromatic rings. The van der Waals surface area contributed by atoms with Crippen molar-refractivity contribution in [2.75, 3.05) is 6.54 Å². The van der Waals surface area contributed by atoms with E-state index >= 15 is 0 Å². The average Bonchev–Trinajstić information content (AvgIpc) is 2.17. The Labute approximate surface area is 92.1 Å². The van der Waals surface area contributed by atoms with Crippen molar-refractivity contribution in [1.82, 2.24) is 5.32 Å². The van der Waals surface area contributed by atoms with Gasteiger partial charge in [0.1, 0.15) is 0 Å². The lowest BCUT2D eigenvalue weighted by Gasteiger charge is -2.29. The molecule has 15 heavy (non-hydrogen) atoms. The van der Waals surface area contributed by atoms with Gasteiger partial charge in [-0.3, -0.25) is 4.79 Å². The minimum Gasteiger partial charge on any atom is -0.369 e. The standard InChI is InChI=1S/C12H22N2O/c1-9(2)7-8-14-11-6-4-3-5-10(11)12(13)15/h7,10-11,14H,3-6,8H2,1-2H3,(H2,13,15)/t10-,11+/m0/s1. The van der Waals surface area contributed by atoms with Crippen LogP contribution in [0.5, 0.6) is 0 Å². The second-order valence-corrected chi connectivity index (χ2v) is 4.59. The van der Waals surface area contributed by atoms with Gasteiger partial charge in [0, 0.05) is 12.6 Å². The number of hydrogen-bond donors (Lipinski definition) is 2. The number of rotatable bonds is 4. The van der Waals surface area contributed by atoms with Gasteiger partial charge in [-0.15, -0.1) is 0 Å². The first-order chi connectivity index (χ1) is 7.11. The maximum atomic E-state index is 11.2. The van der Waals surface area contributed by atoms with Crippen LogP contribution >= 0.6 is 0 Å². The van der Waals surface area contributed by atoms with E-state index in [-0.39, 0.29) is 17.9 Å². The smallest absolute Gasteiger partial charge is 0.222 e. The van der Waals surface area contributed by atoms with E-state index in [9.17, 15) is 4.79 Å². The lowest BCUT2D eigenvalue weighted by Crippen LogP contribution is -2.44. The molecule has 3 nitrogen and oxygen atoms in total. The molecule has 0 spiro atoms. The lowest BCUT2D eigenvalue weighted by molar-refractivity contribution is -0.123. The molecule has 1 rings (SSSR count). The monoisotopic (exact) mass is 210 g/mol. The van der Waals surface area contributed by atoms with Crippen LogP contribution in [-0.2, 0) is 4.79 Å². The minimum absolute atomic E-state index is 0.0318. The van der Waals surface area contributed by atoms with Gasteiger partial charge in [-0.05, 0) is 26.7 Å². The average molecular weight is 210 g/mol. The third kappa shape index (κ3) is 4.04. The highest BCUT2D eigenvalue weighted by Crippen LogP contribution is 2.23. The Hall–Kier alpha value is -0.830. The molecule has 1 aliphatic rings. The molecule has 3 heteroatoms. The summed E-state index contributed by atoms with van der Waals surface area (Å²) in [6, 6.07) is 0.284. The third-order valence-electron chi connectivity index (χ3n) is 3.02. The van der Waals surface area contributed by atoms with E-state index < -0.39 is 0 Å². The fraction of sp³-hybridized carbons (Fsp3) is 0.750. The molecule has 2 atom stereocenters. The SMILES string of the molecule is CC(C)=CCN[C@@H]1CCCC[C@@H]1C(N)=O. The lowest BCUT2D eigenvalue weighted by atomic mass is 9.84. The van der Waals surface area contributed by atoms with Gasteiger partial charge in [-0.2, -0.15) is 0 Å². The molecule has 0 saturated heterocycles. The Kier molecular flexibility index (Phi) is 4.82. The van der Waals surface area contributed by atoms with E-state index in [0.717, 1.165) is 25.8 Å². The van der Waals surface area contributed by atoms with Crippen molar-refractivity contribution in [3.8, 4) is 0 Å². The summed E-state index contributed by atoms with van der Waals surface area (Å²) in [5, 5.41) is 3.41. The zero-order chi connectivity index (χ0) is 11.3. The number of primary amides is 1. The van der Waals surface area contributed by atoms with E-state index in [0.29, 0.717) is 0 Å². The topological polar surface area (TPSA) is 55.1 Å². The van der Waals surface area contributed by atoms with Crippen LogP contribution in [0.1, 0.15) is 39.5 Å². The van der Waals surface area contributed by atoms with Crippen LogP contribution in [0.3, 0.4) is 0 Å². The van der Waals surface area contributed by atoms with Gasteiger partial charge in [-0.1, -0.05) is 24.5 Å². The summed E-state index contributed by atoms with van der Waals surface area (Å²) < 4.78 is 0. The van der Waals surface area contributed by atoms with E-state index in [1.165, 1.54) is 12.0 Å². The first kappa shape index (κ1) is 12.2. The Morgan fingerprint density at radius 3 is 2.67 bits per heavy atom. The highest BCUT2D eigenvalue weighted by Gasteiger charge is 2.28. The second-order valence-electron chi connectivity index (χ2n) is 4.59. The summed E-state index contributed by atoms with van der Waals surface area (Å²) >= 11 is 0. The van der Waals surface area contributed by atoms with Gasteiger partial charge in [0.15, 0.2) is 0 Å². The van der Waals surface area contributed by atoms with Crippen LogP contribution in [0.2, 0.25) is 0 Å². The first-order valence-corrected chi connectivity index (χ1v) is 5.77. The maximum Gasteiger partial charge on any atom is 0.222 e. The maximum absolute atomic E-state index is 11.2. The summed E-state index contributed by atoms with van der Waals surface area (Å²) in [6.45, 7) is 5.00. The van der Waals surface area contributed by atoms with Crippen molar-refractivity contribution in [2.24, 2.45) is 11.7 Å². The summed E-state index contributed by atoms with van der Waals surface area (Å²) in [5.74, 6) is -0.117. The van der Waals surface area contributed by atoms with Crippen LogP contribution in [-0.4, -0.2) is 18.5 Å². The van der Waals surface area contributed by atoms with Crippen LogP contribution < -0.4 is 11.1 Å². The molecule has 0 radical (unpaired) electrons. The zero-order valence-electron chi connectivity index (χ0n) is 9.75. The van der Waals surface area contributed by atoms with Crippen LogP contribution in [0.25, 0.3) is 0 Å². The molecular formula is C12H22N2O. The molecule has 0 aromatic heterocycles. The van der Waals surface area contributed by atoms with Crippen molar-refractivity contribution in [2.45, 2.75) is 45.6 Å². The minimum atomic E-state index is -0.149. The van der Waals surface area contributed by atoms with Crippen molar-refractivity contribution in [3.63, 3.8) is 0 Å². The number of hydrogen-bond acceptors (Lipinski definition) is 2. The van der Waals surface area contributed by atoms with Gasteiger partial charge in [0.05, 0.1) is 5.92 Å². The molecule has 1 amide bonds. The predicted octanol–water partition coefficient (Wildman–Crippen LogP) is 1.59. The molecular weight excluding hydrogens is 188 g/mol. The molecule has 1 aliphatic carbocycles. The molecule has 0 bridgehead atoms. The van der Waals surface area contributed by atoms with Gasteiger partial charge in [0.2, 0.25) is 5.91 Å². The number of nitrogens with two attached hydrogens (primary N) is 1. The van der Waals surface area contributed by atoms with Crippen LogP contribution in [0, 0.1) is 5.92 Å². The number of allylic oxidation sites excluding steroid dienone is 1. The first-order valence-electron chi connectivity index (χ1n) is 5.77. The van der Waals surface area contributed by atoms with Crippen LogP contribution in [0.15, 0.2) is 11.6 Å². The van der Waals surface area contributed by atoms with Gasteiger partial charge < -0.3 is 11.1 Å². The molecule has 0 aliphatic heterocycles. The molecule has 0 aromatic carbocycles. The summed E-state index contributed by atoms with van der Waals surface area (Å²) in [4.78, 5) is 11.2. The summed E-state index contributed by atoms with van der Waals surface area (Å²) in [5.41, 5.74) is 6.69. The molecule has 0 heterocycles. The normalized spacial score (nSPS) is 26.0. The highest BCUT2D eigenvalue weighted by molar-refractivity contribution is 5.77. The van der Waals surface area contributed by atoms with Gasteiger partial charge in [0.25, 0.3) is 0 Å². The molecule has 86 valence electrons. The summed E-state index contributed by atoms with van der Waals surface area (Å²) in [6.07, 6.45) is 6.50. The fourth-order valence-corrected chi connectivity index (χ4v) is 2.13. The Morgan fingerprint density at radius 2 is 2.07 bits per heavy atom. The van der Waals surface area contributed by atoms with Crippen molar-refractivity contribution >= 4 is 5.91 Å². The fourth-order valence-electron chi connectivity index (χ4n) is 2.13. The van der Waals surface area contributed by atoms with Gasteiger partial charge in [-0.25, -0.2) is 0 Å². The zero-order valence-corrected chi connectivity index (χ0v) is 9.75. The van der Waals surface area contributed by atoms with Crippen LogP contribution in [0.4, 0.5) is 0 Å². The summed E-state index contributed by atoms with van der Waals surface area (Å²) in [7, 11) is 0. The number of carbonyl (C=O) groups is 1. The second kappa shape index (κ2) is 5.91. The molecule has 0 unspecified atom stereocenters. The Balaban J connectivity index is 2.43. The van der Waals surface area contributed by atoms with E-state index in [4.69, 9.17) is 5.73 Å². The molecule has 3 N–H and O–H groups in total. The highest BCUT2D eigenvalue weighted by atomic mass is 16.1. The van der Waals surface area contributed by atoms with E-state index in [1.54, 1.807) is 0 Å². The van der Waals surface area contributed by atoms with E-state index in [2.05, 4.69) is 25.2 Å². The largest absolute Gasteiger partial charge is 0.369 e. The quantitative estimate of drug-likeness (QED) is 0.692. The van der Waals surface area contributed by atoms with Crippen molar-refractivity contribution in [3.05, 3.63) is 11.6 Å². The molecule has 1 saturated carbocycles. The van der Waals surface area contributed by atoms with Crippen molar-refractivity contribution < 1.29 is 4.79 Å². The molecule has 1 fully saturated rings. The van der Waals surface area contributed by atoms with Crippen molar-refractivity contribution in [1.29, 1.82) is 0 Å².